The van der Waals surface area contributed by atoms with Crippen LogP contribution in [0, 0.1) is 11.8 Å². The van der Waals surface area contributed by atoms with Crippen molar-refractivity contribution in [2.45, 2.75) is 91.9 Å². The fourth-order valence-electron chi connectivity index (χ4n) is 5.16. The van der Waals surface area contributed by atoms with Crippen LogP contribution < -0.4 is 10.2 Å². The summed E-state index contributed by atoms with van der Waals surface area (Å²) < 4.78 is 0. The van der Waals surface area contributed by atoms with Gasteiger partial charge in [0.15, 0.2) is 11.6 Å². The summed E-state index contributed by atoms with van der Waals surface area (Å²) in [5.74, 6) is 4.39. The first-order valence-corrected chi connectivity index (χ1v) is 19.4. The third-order valence-corrected chi connectivity index (χ3v) is 9.67. The molecule has 0 saturated carbocycles. The third kappa shape index (κ3) is 18.5. The molecule has 0 spiro atoms. The van der Waals surface area contributed by atoms with Crippen molar-refractivity contribution in [3.63, 3.8) is 0 Å². The Balaban J connectivity index is 0.000000882. The second-order valence-electron chi connectivity index (χ2n) is 10.8. The summed E-state index contributed by atoms with van der Waals surface area (Å²) in [6, 6.07) is 0. The molecule has 0 radical (unpaired) electrons. The van der Waals surface area contributed by atoms with Crippen molar-refractivity contribution in [3.8, 4) is 0 Å². The van der Waals surface area contributed by atoms with Gasteiger partial charge in [0.1, 0.15) is 13.2 Å². The van der Waals surface area contributed by atoms with Gasteiger partial charge in [0.2, 0.25) is 0 Å². The summed E-state index contributed by atoms with van der Waals surface area (Å²) in [6.45, 7) is 8.44. The number of nitrogens with zero attached hydrogens (tertiary/aromatic N) is 2. The number of hydrogen-bond acceptors (Lipinski definition) is 10. The summed E-state index contributed by atoms with van der Waals surface area (Å²) in [6.07, 6.45) is 9.94. The zero-order valence-electron chi connectivity index (χ0n) is 28.4. The van der Waals surface area contributed by atoms with E-state index in [0.717, 1.165) is 48.7 Å². The second kappa shape index (κ2) is 28.7. The van der Waals surface area contributed by atoms with Crippen LogP contribution in [0.5, 0.6) is 0 Å². The van der Waals surface area contributed by atoms with Crippen LogP contribution in [0.15, 0.2) is 56.2 Å². The quantitative estimate of drug-likeness (QED) is 0.0571. The molecule has 0 amide bonds. The molecule has 0 aliphatic heterocycles. The van der Waals surface area contributed by atoms with Crippen molar-refractivity contribution < 1.29 is 29.5 Å². The summed E-state index contributed by atoms with van der Waals surface area (Å²) in [7, 11) is 0. The van der Waals surface area contributed by atoms with E-state index >= 15 is 0 Å². The maximum atomic E-state index is 12.4. The minimum atomic E-state index is -0.0912. The van der Waals surface area contributed by atoms with Crippen LogP contribution in [0.3, 0.4) is 0 Å². The first-order chi connectivity index (χ1) is 22.3. The number of halogens is 2. The Labute approximate surface area is 316 Å². The molecule has 0 N–H and O–H groups in total. The minimum Gasteiger partial charge on any atom is -0.875 e. The van der Waals surface area contributed by atoms with Gasteiger partial charge in [0, 0.05) is 35.1 Å². The van der Waals surface area contributed by atoms with Gasteiger partial charge in [-0.3, -0.25) is 9.59 Å². The van der Waals surface area contributed by atoms with Crippen molar-refractivity contribution in [3.05, 3.63) is 45.9 Å². The van der Waals surface area contributed by atoms with Gasteiger partial charge in [0.25, 0.3) is 0 Å². The fourth-order valence-corrected chi connectivity index (χ4v) is 6.63. The number of Topliss-reactive ketones (excluding diaryl/α,β-unsaturated/α-hetero) is 2. The standard InChI is InChI=1S/2C17H26ClNO3S.Mg/c2*1-3-14(19-22-9-6-8-18)17-15(20)11-13(12-16(17)21)7-5-10-23-4-2;/h2*6,8,13,20H,3-5,7,9-12H2,1-2H3;/q;;+2/p-2/b2*8-6+,19-14?;. The first-order valence-electron chi connectivity index (χ1n) is 16.2. The van der Waals surface area contributed by atoms with Crippen LogP contribution in [0.4, 0.5) is 0 Å². The van der Waals surface area contributed by atoms with E-state index in [1.807, 2.05) is 37.4 Å². The topological polar surface area (TPSA) is 123 Å². The Morgan fingerprint density at radius 3 is 1.43 bits per heavy atom. The average Bonchev–Trinajstić information content (AvgIpc) is 3.03. The molecule has 0 bridgehead atoms. The largest absolute Gasteiger partial charge is 2.00 e. The molecule has 0 aromatic rings. The first kappa shape index (κ1) is 45.9. The molecule has 0 saturated heterocycles. The van der Waals surface area contributed by atoms with Crippen LogP contribution in [-0.2, 0) is 19.3 Å². The van der Waals surface area contributed by atoms with E-state index in [1.54, 1.807) is 12.2 Å². The van der Waals surface area contributed by atoms with Crippen LogP contribution in [0.2, 0.25) is 0 Å². The molecule has 0 aromatic carbocycles. The third-order valence-electron chi connectivity index (χ3n) is 7.34. The molecule has 8 nitrogen and oxygen atoms in total. The Kier molecular flexibility index (Phi) is 28.0. The number of thioether (sulfide) groups is 2. The summed E-state index contributed by atoms with van der Waals surface area (Å²) in [5.41, 5.74) is 4.05. The second-order valence-corrected chi connectivity index (χ2v) is 14.1. The van der Waals surface area contributed by atoms with Gasteiger partial charge < -0.3 is 19.9 Å². The molecule has 0 fully saturated rings. The van der Waals surface area contributed by atoms with Crippen molar-refractivity contribution in [1.82, 2.24) is 0 Å². The molecular formula is C34H50Cl2MgN2O6S2. The average molecular weight is 742 g/mol. The summed E-state index contributed by atoms with van der Waals surface area (Å²) in [5, 5.41) is 32.6. The molecule has 2 atom stereocenters. The van der Waals surface area contributed by atoms with E-state index in [0.29, 0.717) is 49.9 Å². The van der Waals surface area contributed by atoms with E-state index in [-0.39, 0.29) is 82.3 Å². The van der Waals surface area contributed by atoms with Gasteiger partial charge in [-0.2, -0.15) is 23.5 Å². The Morgan fingerprint density at radius 1 is 0.745 bits per heavy atom. The Hall–Kier alpha value is -1.11. The molecule has 0 heterocycles. The van der Waals surface area contributed by atoms with Gasteiger partial charge >= 0.3 is 23.1 Å². The van der Waals surface area contributed by atoms with Crippen molar-refractivity contribution in [1.29, 1.82) is 0 Å². The van der Waals surface area contributed by atoms with Crippen molar-refractivity contribution >= 4 is 92.8 Å². The zero-order valence-corrected chi connectivity index (χ0v) is 33.0. The molecule has 2 unspecified atom stereocenters. The van der Waals surface area contributed by atoms with Crippen molar-refractivity contribution in [2.24, 2.45) is 22.1 Å². The van der Waals surface area contributed by atoms with Crippen LogP contribution in [0.25, 0.3) is 0 Å². The maximum Gasteiger partial charge on any atom is 2.00 e. The van der Waals surface area contributed by atoms with Crippen molar-refractivity contribution in [2.75, 3.05) is 36.2 Å². The van der Waals surface area contributed by atoms with Gasteiger partial charge in [-0.05, 0) is 98.4 Å². The van der Waals surface area contributed by atoms with E-state index in [2.05, 4.69) is 24.2 Å². The molecule has 2 rings (SSSR count). The number of carbonyl (C=O) groups excluding carboxylic acids is 2. The molecule has 2 aliphatic rings. The van der Waals surface area contributed by atoms with Gasteiger partial charge in [-0.15, -0.1) is 11.5 Å². The predicted molar refractivity (Wildman–Crippen MR) is 197 cm³/mol. The van der Waals surface area contributed by atoms with Crippen LogP contribution in [-0.4, -0.2) is 82.3 Å². The molecule has 13 heteroatoms. The minimum absolute atomic E-state index is 0. The number of oxime groups is 2. The Morgan fingerprint density at radius 2 is 1.13 bits per heavy atom. The normalized spacial score (nSPS) is 19.3. The van der Waals surface area contributed by atoms with Gasteiger partial charge in [-0.25, -0.2) is 0 Å². The maximum absolute atomic E-state index is 12.4. The monoisotopic (exact) mass is 740 g/mol. The number of ketones is 2. The molecule has 260 valence electrons. The molecule has 0 aromatic heterocycles. The fraction of sp³-hybridized carbons (Fsp3) is 0.647. The SMILES string of the molecule is CCSCCCC1CC(=O)C(C(CC)=NOC/C=C/Cl)=C([O-])C1.CCSCCCC1CC(=O)C(C(CC)=NOC/C=C/Cl)=C([O-])C1.[Mg+2]. The number of hydrogen-bond donors (Lipinski definition) is 0. The Bertz CT molecular complexity index is 1040. The van der Waals surface area contributed by atoms with E-state index < -0.39 is 0 Å². The van der Waals surface area contributed by atoms with E-state index in [1.165, 1.54) is 11.1 Å². The summed E-state index contributed by atoms with van der Waals surface area (Å²) >= 11 is 14.6. The van der Waals surface area contributed by atoms with Crippen LogP contribution in [0.1, 0.15) is 91.9 Å². The molecular weight excluding hydrogens is 692 g/mol. The van der Waals surface area contributed by atoms with Gasteiger partial charge in [0.05, 0.1) is 11.4 Å². The molecule has 47 heavy (non-hydrogen) atoms. The van der Waals surface area contributed by atoms with E-state index in [9.17, 15) is 19.8 Å². The number of rotatable bonds is 20. The zero-order chi connectivity index (χ0) is 34.2. The van der Waals surface area contributed by atoms with Gasteiger partial charge in [-0.1, -0.05) is 61.2 Å². The number of carbonyl (C=O) groups is 2. The summed E-state index contributed by atoms with van der Waals surface area (Å²) in [4.78, 5) is 34.9. The smallest absolute Gasteiger partial charge is 0.875 e. The number of allylic oxidation sites excluding steroid dienone is 4. The predicted octanol–water partition coefficient (Wildman–Crippen LogP) is 6.92. The van der Waals surface area contributed by atoms with Crippen LogP contribution >= 0.6 is 46.7 Å². The van der Waals surface area contributed by atoms with E-state index in [4.69, 9.17) is 32.9 Å². The molecule has 2 aliphatic carbocycles.